The average Bonchev–Trinajstić information content (AvgIpc) is 3.24. The summed E-state index contributed by atoms with van der Waals surface area (Å²) in [4.78, 5) is 12.7. The van der Waals surface area contributed by atoms with Crippen LogP contribution in [0, 0.1) is 5.92 Å². The van der Waals surface area contributed by atoms with Crippen molar-refractivity contribution in [2.75, 3.05) is 6.54 Å². The van der Waals surface area contributed by atoms with E-state index in [1.165, 1.54) is 4.31 Å². The van der Waals surface area contributed by atoms with Crippen molar-refractivity contribution in [2.24, 2.45) is 5.92 Å². The highest BCUT2D eigenvalue weighted by atomic mass is 32.2. The van der Waals surface area contributed by atoms with E-state index < -0.39 is 16.1 Å². The van der Waals surface area contributed by atoms with Crippen molar-refractivity contribution in [1.29, 1.82) is 0 Å². The van der Waals surface area contributed by atoms with Crippen LogP contribution in [0.3, 0.4) is 0 Å². The van der Waals surface area contributed by atoms with Gasteiger partial charge in [-0.15, -0.1) is 0 Å². The van der Waals surface area contributed by atoms with Crippen LogP contribution >= 0.6 is 0 Å². The molecule has 120 valence electrons. The molecule has 0 spiro atoms. The second-order valence-corrected chi connectivity index (χ2v) is 8.11. The first-order valence-corrected chi connectivity index (χ1v) is 9.31. The first kappa shape index (κ1) is 15.5. The highest BCUT2D eigenvalue weighted by Crippen LogP contribution is 2.33. The van der Waals surface area contributed by atoms with Gasteiger partial charge in [0.15, 0.2) is 0 Å². The summed E-state index contributed by atoms with van der Waals surface area (Å²) in [6.45, 7) is 2.41. The normalized spacial score (nSPS) is 24.1. The molecule has 1 N–H and O–H groups in total. The monoisotopic (exact) mass is 322 g/mol. The van der Waals surface area contributed by atoms with Crippen LogP contribution in [0.4, 0.5) is 0 Å². The molecule has 1 aliphatic carbocycles. The second-order valence-electron chi connectivity index (χ2n) is 6.22. The highest BCUT2D eigenvalue weighted by molar-refractivity contribution is 7.89. The van der Waals surface area contributed by atoms with Gasteiger partial charge in [-0.2, -0.15) is 4.31 Å². The first-order valence-electron chi connectivity index (χ1n) is 7.87. The topological polar surface area (TPSA) is 66.5 Å². The summed E-state index contributed by atoms with van der Waals surface area (Å²) >= 11 is 0. The van der Waals surface area contributed by atoms with Crippen molar-refractivity contribution in [3.63, 3.8) is 0 Å². The Morgan fingerprint density at radius 2 is 1.91 bits per heavy atom. The van der Waals surface area contributed by atoms with Crippen LogP contribution in [0.2, 0.25) is 0 Å². The van der Waals surface area contributed by atoms with Gasteiger partial charge in [0.25, 0.3) is 0 Å². The van der Waals surface area contributed by atoms with E-state index in [0.29, 0.717) is 18.9 Å². The molecule has 1 aliphatic heterocycles. The van der Waals surface area contributed by atoms with Crippen molar-refractivity contribution in [3.05, 3.63) is 30.3 Å². The number of amides is 1. The number of hydrogen-bond donors (Lipinski definition) is 1. The number of nitrogens with zero attached hydrogens (tertiary/aromatic N) is 1. The molecule has 0 bridgehead atoms. The van der Waals surface area contributed by atoms with E-state index in [-0.39, 0.29) is 16.8 Å². The summed E-state index contributed by atoms with van der Waals surface area (Å²) in [6, 6.07) is 7.90. The van der Waals surface area contributed by atoms with Crippen molar-refractivity contribution >= 4 is 15.9 Å². The van der Waals surface area contributed by atoms with Gasteiger partial charge in [0.05, 0.1) is 4.90 Å². The fourth-order valence-electron chi connectivity index (χ4n) is 3.05. The third kappa shape index (κ3) is 3.03. The molecular weight excluding hydrogens is 300 g/mol. The molecule has 3 rings (SSSR count). The molecule has 0 unspecified atom stereocenters. The average molecular weight is 322 g/mol. The minimum atomic E-state index is -3.60. The zero-order valence-corrected chi connectivity index (χ0v) is 13.6. The van der Waals surface area contributed by atoms with Gasteiger partial charge in [-0.3, -0.25) is 4.79 Å². The highest BCUT2D eigenvalue weighted by Gasteiger charge is 2.40. The summed E-state index contributed by atoms with van der Waals surface area (Å²) in [5.74, 6) is 0.404. The van der Waals surface area contributed by atoms with Crippen LogP contribution in [-0.2, 0) is 14.8 Å². The van der Waals surface area contributed by atoms with Crippen molar-refractivity contribution in [2.45, 2.75) is 49.6 Å². The van der Waals surface area contributed by atoms with Crippen LogP contribution in [0.25, 0.3) is 0 Å². The maximum absolute atomic E-state index is 12.7. The van der Waals surface area contributed by atoms with Crippen LogP contribution in [-0.4, -0.2) is 37.3 Å². The Kier molecular flexibility index (Phi) is 4.23. The Balaban J connectivity index is 1.76. The van der Waals surface area contributed by atoms with Gasteiger partial charge >= 0.3 is 0 Å². The Morgan fingerprint density at radius 3 is 2.55 bits per heavy atom. The molecule has 22 heavy (non-hydrogen) atoms. The minimum absolute atomic E-state index is 0.134. The summed E-state index contributed by atoms with van der Waals surface area (Å²) in [5, 5.41) is 2.99. The number of carbonyl (C=O) groups excluding carboxylic acids is 1. The van der Waals surface area contributed by atoms with Gasteiger partial charge in [-0.25, -0.2) is 8.42 Å². The Hall–Kier alpha value is -1.40. The third-order valence-electron chi connectivity index (χ3n) is 4.56. The van der Waals surface area contributed by atoms with E-state index in [1.54, 1.807) is 30.3 Å². The number of carbonyl (C=O) groups is 1. The molecule has 2 fully saturated rings. The SMILES string of the molecule is C[C@@H](NC(=O)[C@@H]1CCCN1S(=O)(=O)c1ccccc1)C1CC1. The Morgan fingerprint density at radius 1 is 1.23 bits per heavy atom. The smallest absolute Gasteiger partial charge is 0.243 e. The van der Waals surface area contributed by atoms with Crippen molar-refractivity contribution < 1.29 is 13.2 Å². The third-order valence-corrected chi connectivity index (χ3v) is 6.48. The molecule has 1 saturated carbocycles. The van der Waals surface area contributed by atoms with Gasteiger partial charge in [0.2, 0.25) is 15.9 Å². The molecule has 5 nitrogen and oxygen atoms in total. The molecule has 2 aliphatic rings. The number of sulfonamides is 1. The molecule has 2 atom stereocenters. The van der Waals surface area contributed by atoms with Crippen molar-refractivity contribution in [3.8, 4) is 0 Å². The van der Waals surface area contributed by atoms with Gasteiger partial charge in [-0.1, -0.05) is 18.2 Å². The lowest BCUT2D eigenvalue weighted by molar-refractivity contribution is -0.124. The largest absolute Gasteiger partial charge is 0.352 e. The zero-order chi connectivity index (χ0) is 15.7. The van der Waals surface area contributed by atoms with Crippen LogP contribution < -0.4 is 5.32 Å². The molecule has 1 amide bonds. The van der Waals surface area contributed by atoms with E-state index in [9.17, 15) is 13.2 Å². The van der Waals surface area contributed by atoms with Gasteiger partial charge < -0.3 is 5.32 Å². The zero-order valence-electron chi connectivity index (χ0n) is 12.7. The fourth-order valence-corrected chi connectivity index (χ4v) is 4.73. The predicted molar refractivity (Wildman–Crippen MR) is 83.7 cm³/mol. The van der Waals surface area contributed by atoms with E-state index in [4.69, 9.17) is 0 Å². The quantitative estimate of drug-likeness (QED) is 0.898. The minimum Gasteiger partial charge on any atom is -0.352 e. The molecule has 0 radical (unpaired) electrons. The lowest BCUT2D eigenvalue weighted by Gasteiger charge is -2.25. The van der Waals surface area contributed by atoms with Crippen LogP contribution in [0.1, 0.15) is 32.6 Å². The number of nitrogens with one attached hydrogen (secondary N) is 1. The lowest BCUT2D eigenvalue weighted by atomic mass is 10.1. The second kappa shape index (κ2) is 6.01. The lowest BCUT2D eigenvalue weighted by Crippen LogP contribution is -2.48. The van der Waals surface area contributed by atoms with Crippen LogP contribution in [0.15, 0.2) is 35.2 Å². The van der Waals surface area contributed by atoms with Gasteiger partial charge in [-0.05, 0) is 50.7 Å². The number of benzene rings is 1. The molecule has 1 aromatic rings. The van der Waals surface area contributed by atoms with E-state index in [0.717, 1.165) is 19.3 Å². The molecule has 6 heteroatoms. The van der Waals surface area contributed by atoms with E-state index in [2.05, 4.69) is 5.32 Å². The summed E-state index contributed by atoms with van der Waals surface area (Å²) in [5.41, 5.74) is 0. The number of rotatable bonds is 5. The first-order chi connectivity index (χ1) is 10.5. The van der Waals surface area contributed by atoms with Gasteiger partial charge in [0.1, 0.15) is 6.04 Å². The van der Waals surface area contributed by atoms with E-state index >= 15 is 0 Å². The maximum Gasteiger partial charge on any atom is 0.243 e. The Bertz CT molecular complexity index is 641. The summed E-state index contributed by atoms with van der Waals surface area (Å²) < 4.78 is 26.8. The van der Waals surface area contributed by atoms with E-state index in [1.807, 2.05) is 6.92 Å². The predicted octanol–water partition coefficient (Wildman–Crippen LogP) is 1.75. The molecule has 0 aromatic heterocycles. The molecule has 1 saturated heterocycles. The molecule has 1 heterocycles. The number of hydrogen-bond acceptors (Lipinski definition) is 3. The van der Waals surface area contributed by atoms with Crippen LogP contribution in [0.5, 0.6) is 0 Å². The summed E-state index contributed by atoms with van der Waals surface area (Å²) in [7, 11) is -3.60. The summed E-state index contributed by atoms with van der Waals surface area (Å²) in [6.07, 6.45) is 3.62. The van der Waals surface area contributed by atoms with Crippen molar-refractivity contribution in [1.82, 2.24) is 9.62 Å². The Labute approximate surface area is 131 Å². The maximum atomic E-state index is 12.7. The molecular formula is C16H22N2O3S. The standard InChI is InChI=1S/C16H22N2O3S/c1-12(13-9-10-13)17-16(19)15-8-5-11-18(15)22(20,21)14-6-3-2-4-7-14/h2-4,6-7,12-13,15H,5,8-11H2,1H3,(H,17,19)/t12-,15+/m1/s1. The fraction of sp³-hybridized carbons (Fsp3) is 0.562. The molecule has 1 aromatic carbocycles. The van der Waals surface area contributed by atoms with Gasteiger partial charge in [0, 0.05) is 12.6 Å².